The molecule has 0 aliphatic rings. The van der Waals surface area contributed by atoms with E-state index in [1.54, 1.807) is 34.6 Å². The van der Waals surface area contributed by atoms with Crippen LogP contribution in [0.15, 0.2) is 0 Å². The van der Waals surface area contributed by atoms with Gasteiger partial charge >= 0.3 is 11.9 Å². The van der Waals surface area contributed by atoms with E-state index in [4.69, 9.17) is 20.9 Å². The van der Waals surface area contributed by atoms with Crippen molar-refractivity contribution in [2.45, 2.75) is 92.3 Å². The predicted molar refractivity (Wildman–Crippen MR) is 99.8 cm³/mol. The first-order valence-electron chi connectivity index (χ1n) is 8.82. The first-order chi connectivity index (χ1) is 10.9. The van der Waals surface area contributed by atoms with Crippen LogP contribution in [0.1, 0.15) is 75.2 Å². The molecule has 0 radical (unpaired) electrons. The lowest BCUT2D eigenvalue weighted by molar-refractivity contribution is -0.170. The first-order valence-corrected chi connectivity index (χ1v) is 8.82. The van der Waals surface area contributed by atoms with Crippen molar-refractivity contribution in [2.75, 3.05) is 6.61 Å². The Kier molecular flexibility index (Phi) is 7.67. The van der Waals surface area contributed by atoms with E-state index < -0.39 is 28.0 Å². The SMILES string of the molecule is CC(COC(=O)C(C)(C)CC(C)(C)N)OC(=O)C(C)(C)CC(C)(C)N. The minimum absolute atomic E-state index is 0.0150. The fourth-order valence-electron chi connectivity index (χ4n) is 3.19. The van der Waals surface area contributed by atoms with Crippen LogP contribution in [0.2, 0.25) is 0 Å². The van der Waals surface area contributed by atoms with E-state index in [0.29, 0.717) is 12.8 Å². The predicted octanol–water partition coefficient (Wildman–Crippen LogP) is 2.77. The molecule has 4 N–H and O–H groups in total. The Hall–Kier alpha value is -1.14. The molecule has 0 fully saturated rings. The molecule has 0 amide bonds. The molecule has 0 saturated carbocycles. The fourth-order valence-corrected chi connectivity index (χ4v) is 3.19. The lowest BCUT2D eigenvalue weighted by Gasteiger charge is -2.32. The van der Waals surface area contributed by atoms with Gasteiger partial charge in [0, 0.05) is 11.1 Å². The number of carbonyl (C=O) groups excluding carboxylic acids is 2. The summed E-state index contributed by atoms with van der Waals surface area (Å²) in [6.07, 6.45) is 0.452. The van der Waals surface area contributed by atoms with Gasteiger partial charge in [-0.3, -0.25) is 9.59 Å². The van der Waals surface area contributed by atoms with Crippen LogP contribution < -0.4 is 11.5 Å². The molecule has 0 aliphatic carbocycles. The number of esters is 2. The monoisotopic (exact) mass is 358 g/mol. The van der Waals surface area contributed by atoms with Crippen molar-refractivity contribution in [1.29, 1.82) is 0 Å². The van der Waals surface area contributed by atoms with Gasteiger partial charge in [-0.2, -0.15) is 0 Å². The average molecular weight is 359 g/mol. The van der Waals surface area contributed by atoms with Crippen LogP contribution in [0.5, 0.6) is 0 Å². The summed E-state index contributed by atoms with van der Waals surface area (Å²) in [4.78, 5) is 24.6. The molecule has 0 bridgehead atoms. The molecular formula is C19H38N2O4. The van der Waals surface area contributed by atoms with Crippen molar-refractivity contribution >= 4 is 11.9 Å². The van der Waals surface area contributed by atoms with E-state index in [1.807, 2.05) is 27.7 Å². The summed E-state index contributed by atoms with van der Waals surface area (Å²) < 4.78 is 10.8. The number of carbonyl (C=O) groups is 2. The van der Waals surface area contributed by atoms with Gasteiger partial charge in [0.25, 0.3) is 0 Å². The highest BCUT2D eigenvalue weighted by Crippen LogP contribution is 2.29. The lowest BCUT2D eigenvalue weighted by atomic mass is 9.80. The Morgan fingerprint density at radius 3 is 1.52 bits per heavy atom. The minimum atomic E-state index is -0.709. The van der Waals surface area contributed by atoms with Crippen LogP contribution in [0.3, 0.4) is 0 Å². The zero-order valence-electron chi connectivity index (χ0n) is 17.5. The molecule has 1 atom stereocenters. The van der Waals surface area contributed by atoms with E-state index in [-0.39, 0.29) is 18.5 Å². The first kappa shape index (κ1) is 23.9. The Bertz CT molecular complexity index is 471. The second-order valence-electron chi connectivity index (χ2n) is 9.91. The van der Waals surface area contributed by atoms with Crippen molar-refractivity contribution in [2.24, 2.45) is 22.3 Å². The Labute approximate surface area is 153 Å². The second-order valence-corrected chi connectivity index (χ2v) is 9.91. The van der Waals surface area contributed by atoms with Gasteiger partial charge in [0.05, 0.1) is 10.8 Å². The van der Waals surface area contributed by atoms with E-state index in [2.05, 4.69) is 0 Å². The van der Waals surface area contributed by atoms with Gasteiger partial charge in [-0.15, -0.1) is 0 Å². The summed E-state index contributed by atoms with van der Waals surface area (Å²) in [7, 11) is 0. The minimum Gasteiger partial charge on any atom is -0.461 e. The topological polar surface area (TPSA) is 105 Å². The number of hydrogen-bond acceptors (Lipinski definition) is 6. The highest BCUT2D eigenvalue weighted by Gasteiger charge is 2.37. The van der Waals surface area contributed by atoms with Crippen LogP contribution in [-0.2, 0) is 19.1 Å². The third-order valence-corrected chi connectivity index (χ3v) is 3.66. The third-order valence-electron chi connectivity index (χ3n) is 3.66. The van der Waals surface area contributed by atoms with Crippen LogP contribution in [0.4, 0.5) is 0 Å². The molecule has 25 heavy (non-hydrogen) atoms. The molecule has 6 heteroatoms. The fraction of sp³-hybridized carbons (Fsp3) is 0.895. The molecule has 0 rings (SSSR count). The van der Waals surface area contributed by atoms with Crippen molar-refractivity contribution in [1.82, 2.24) is 0 Å². The van der Waals surface area contributed by atoms with Crippen molar-refractivity contribution in [3.63, 3.8) is 0 Å². The largest absolute Gasteiger partial charge is 0.461 e. The molecule has 0 aromatic rings. The van der Waals surface area contributed by atoms with Gasteiger partial charge in [0.2, 0.25) is 0 Å². The number of hydrogen-bond donors (Lipinski definition) is 2. The van der Waals surface area contributed by atoms with Crippen LogP contribution in [-0.4, -0.2) is 35.7 Å². The normalized spacial score (nSPS) is 14.8. The molecule has 0 aromatic carbocycles. The maximum Gasteiger partial charge on any atom is 0.311 e. The van der Waals surface area contributed by atoms with Gasteiger partial charge < -0.3 is 20.9 Å². The third kappa shape index (κ3) is 9.80. The van der Waals surface area contributed by atoms with E-state index in [0.717, 1.165) is 0 Å². The second kappa shape index (κ2) is 8.04. The van der Waals surface area contributed by atoms with Gasteiger partial charge in [-0.05, 0) is 75.2 Å². The van der Waals surface area contributed by atoms with Gasteiger partial charge in [0.1, 0.15) is 12.7 Å². The van der Waals surface area contributed by atoms with Crippen molar-refractivity contribution in [3.05, 3.63) is 0 Å². The average Bonchev–Trinajstić information content (AvgIpc) is 2.29. The Morgan fingerprint density at radius 2 is 1.16 bits per heavy atom. The highest BCUT2D eigenvalue weighted by atomic mass is 16.6. The summed E-state index contributed by atoms with van der Waals surface area (Å²) in [5, 5.41) is 0. The van der Waals surface area contributed by atoms with Gasteiger partial charge in [-0.25, -0.2) is 0 Å². The van der Waals surface area contributed by atoms with Crippen LogP contribution in [0.25, 0.3) is 0 Å². The number of rotatable bonds is 9. The number of nitrogens with two attached hydrogens (primary N) is 2. The van der Waals surface area contributed by atoms with E-state index >= 15 is 0 Å². The molecule has 1 unspecified atom stereocenters. The van der Waals surface area contributed by atoms with Crippen LogP contribution in [0, 0.1) is 10.8 Å². The van der Waals surface area contributed by atoms with Crippen molar-refractivity contribution in [3.8, 4) is 0 Å². The van der Waals surface area contributed by atoms with E-state index in [1.165, 1.54) is 0 Å². The van der Waals surface area contributed by atoms with Gasteiger partial charge in [0.15, 0.2) is 0 Å². The Balaban J connectivity index is 4.59. The summed E-state index contributed by atoms with van der Waals surface area (Å²) in [5.74, 6) is -0.701. The smallest absolute Gasteiger partial charge is 0.311 e. The van der Waals surface area contributed by atoms with Crippen LogP contribution >= 0.6 is 0 Å². The molecule has 0 aromatic heterocycles. The summed E-state index contributed by atoms with van der Waals surface area (Å²) in [5.41, 5.74) is 9.63. The lowest BCUT2D eigenvalue weighted by Crippen LogP contribution is -2.43. The highest BCUT2D eigenvalue weighted by molar-refractivity contribution is 5.77. The number of ether oxygens (including phenoxy) is 2. The molecule has 0 heterocycles. The van der Waals surface area contributed by atoms with E-state index in [9.17, 15) is 9.59 Å². The molecule has 148 valence electrons. The van der Waals surface area contributed by atoms with Crippen molar-refractivity contribution < 1.29 is 19.1 Å². The molecular weight excluding hydrogens is 320 g/mol. The molecule has 6 nitrogen and oxygen atoms in total. The Morgan fingerprint density at radius 1 is 0.800 bits per heavy atom. The molecule has 0 aliphatic heterocycles. The maximum absolute atomic E-state index is 12.3. The zero-order chi connectivity index (χ0) is 20.3. The van der Waals surface area contributed by atoms with Gasteiger partial charge in [-0.1, -0.05) is 0 Å². The summed E-state index contributed by atoms with van der Waals surface area (Å²) >= 11 is 0. The standard InChI is InChI=1S/C19H38N2O4/c1-13(25-15(23)17(4,5)12-19(8,9)21)10-24-14(22)16(2,3)11-18(6,7)20/h13H,10-12,20-21H2,1-9H3. The quantitative estimate of drug-likeness (QED) is 0.614. The molecule has 0 spiro atoms. The maximum atomic E-state index is 12.3. The molecule has 0 saturated heterocycles. The zero-order valence-corrected chi connectivity index (χ0v) is 17.5. The summed E-state index contributed by atoms with van der Waals surface area (Å²) in [6, 6.07) is 0. The summed E-state index contributed by atoms with van der Waals surface area (Å²) in [6.45, 7) is 16.4.